The van der Waals surface area contributed by atoms with Gasteiger partial charge in [0.05, 0.1) is 0 Å². The standard InChI is InChI=1S/C4H5BrOS/c5-4(6)3-1-7-2-3/h3H,1-2H2. The Balaban J connectivity index is 2.27. The summed E-state index contributed by atoms with van der Waals surface area (Å²) < 4.78 is 0.172. The van der Waals surface area contributed by atoms with Crippen molar-refractivity contribution in [1.29, 1.82) is 0 Å². The first-order chi connectivity index (χ1) is 3.30. The van der Waals surface area contributed by atoms with E-state index < -0.39 is 0 Å². The third-order valence-electron chi connectivity index (χ3n) is 0.959. The molecule has 7 heavy (non-hydrogen) atoms. The summed E-state index contributed by atoms with van der Waals surface area (Å²) in [6.07, 6.45) is 0. The summed E-state index contributed by atoms with van der Waals surface area (Å²) in [5, 5.41) is 0. The topological polar surface area (TPSA) is 17.1 Å². The second-order valence-corrected chi connectivity index (χ2v) is 3.39. The maximum Gasteiger partial charge on any atom is 0.202 e. The van der Waals surface area contributed by atoms with Crippen molar-refractivity contribution in [2.45, 2.75) is 0 Å². The fourth-order valence-corrected chi connectivity index (χ4v) is 1.89. The number of rotatable bonds is 1. The quantitative estimate of drug-likeness (QED) is 0.566. The molecule has 0 spiro atoms. The van der Waals surface area contributed by atoms with Crippen LogP contribution in [0.4, 0.5) is 0 Å². The van der Waals surface area contributed by atoms with Crippen LogP contribution in [0.15, 0.2) is 0 Å². The van der Waals surface area contributed by atoms with E-state index in [2.05, 4.69) is 15.9 Å². The van der Waals surface area contributed by atoms with Gasteiger partial charge in [-0.2, -0.15) is 11.8 Å². The minimum absolute atomic E-state index is 0.172. The van der Waals surface area contributed by atoms with E-state index in [1.807, 2.05) is 11.8 Å². The molecule has 0 bridgehead atoms. The lowest BCUT2D eigenvalue weighted by Gasteiger charge is -2.19. The normalized spacial score (nSPS) is 21.3. The van der Waals surface area contributed by atoms with Gasteiger partial charge in [0.25, 0.3) is 0 Å². The third-order valence-corrected chi connectivity index (χ3v) is 2.88. The van der Waals surface area contributed by atoms with E-state index in [0.29, 0.717) is 5.92 Å². The summed E-state index contributed by atoms with van der Waals surface area (Å²) in [4.78, 5) is 10.3. The van der Waals surface area contributed by atoms with Crippen LogP contribution in [0.1, 0.15) is 0 Å². The van der Waals surface area contributed by atoms with E-state index in [-0.39, 0.29) is 4.69 Å². The van der Waals surface area contributed by atoms with Crippen LogP contribution in [0.5, 0.6) is 0 Å². The molecule has 1 aliphatic heterocycles. The Morgan fingerprint density at radius 2 is 2.29 bits per heavy atom. The van der Waals surface area contributed by atoms with Crippen LogP contribution in [0.3, 0.4) is 0 Å². The largest absolute Gasteiger partial charge is 0.286 e. The Bertz CT molecular complexity index is 89.7. The first-order valence-corrected chi connectivity index (χ1v) is 4.02. The first-order valence-electron chi connectivity index (χ1n) is 2.08. The molecule has 0 amide bonds. The lowest BCUT2D eigenvalue weighted by molar-refractivity contribution is -0.112. The maximum atomic E-state index is 10.3. The Morgan fingerprint density at radius 1 is 1.71 bits per heavy atom. The number of halogens is 1. The van der Waals surface area contributed by atoms with Gasteiger partial charge in [0.2, 0.25) is 4.69 Å². The monoisotopic (exact) mass is 180 g/mol. The highest BCUT2D eigenvalue weighted by Gasteiger charge is 2.23. The van der Waals surface area contributed by atoms with Crippen LogP contribution in [-0.4, -0.2) is 16.2 Å². The Morgan fingerprint density at radius 3 is 2.29 bits per heavy atom. The SMILES string of the molecule is O=C(Br)C1CSC1. The fraction of sp³-hybridized carbons (Fsp3) is 0.750. The van der Waals surface area contributed by atoms with Crippen molar-refractivity contribution in [2.75, 3.05) is 11.5 Å². The highest BCUT2D eigenvalue weighted by atomic mass is 79.9. The van der Waals surface area contributed by atoms with Crippen molar-refractivity contribution in [3.05, 3.63) is 0 Å². The molecule has 1 rings (SSSR count). The molecule has 0 aromatic rings. The average molecular weight is 181 g/mol. The van der Waals surface area contributed by atoms with Gasteiger partial charge >= 0.3 is 0 Å². The highest BCUT2D eigenvalue weighted by Crippen LogP contribution is 2.26. The zero-order valence-corrected chi connectivity index (χ0v) is 6.09. The Labute approximate surface area is 55.0 Å². The maximum absolute atomic E-state index is 10.3. The smallest absolute Gasteiger partial charge is 0.202 e. The van der Waals surface area contributed by atoms with Crippen LogP contribution in [-0.2, 0) is 4.79 Å². The number of carbonyl (C=O) groups is 1. The van der Waals surface area contributed by atoms with Crippen LogP contribution in [0, 0.1) is 5.92 Å². The number of hydrogen-bond acceptors (Lipinski definition) is 2. The lowest BCUT2D eigenvalue weighted by Crippen LogP contribution is -2.23. The summed E-state index contributed by atoms with van der Waals surface area (Å²) in [7, 11) is 0. The number of thioether (sulfide) groups is 1. The predicted molar refractivity (Wildman–Crippen MR) is 34.7 cm³/mol. The minimum atomic E-state index is 0.172. The molecular weight excluding hydrogens is 176 g/mol. The number of carbonyl (C=O) groups excluding carboxylic acids is 1. The first kappa shape index (κ1) is 5.63. The van der Waals surface area contributed by atoms with Crippen molar-refractivity contribution in [3.8, 4) is 0 Å². The van der Waals surface area contributed by atoms with E-state index in [1.165, 1.54) is 0 Å². The van der Waals surface area contributed by atoms with E-state index in [4.69, 9.17) is 0 Å². The third kappa shape index (κ3) is 1.19. The minimum Gasteiger partial charge on any atom is -0.286 e. The molecule has 3 heteroatoms. The molecule has 1 fully saturated rings. The fourth-order valence-electron chi connectivity index (χ4n) is 0.367. The molecule has 0 atom stereocenters. The van der Waals surface area contributed by atoms with E-state index in [9.17, 15) is 4.79 Å². The van der Waals surface area contributed by atoms with Crippen LogP contribution in [0.25, 0.3) is 0 Å². The van der Waals surface area contributed by atoms with Gasteiger partial charge in [-0.05, 0) is 15.9 Å². The summed E-state index contributed by atoms with van der Waals surface area (Å²) in [6, 6.07) is 0. The zero-order chi connectivity index (χ0) is 5.28. The Hall–Kier alpha value is 0.500. The molecule has 1 nitrogen and oxygen atoms in total. The molecule has 0 aromatic heterocycles. The van der Waals surface area contributed by atoms with E-state index in [0.717, 1.165) is 11.5 Å². The molecule has 1 heterocycles. The lowest BCUT2D eigenvalue weighted by atomic mass is 10.2. The van der Waals surface area contributed by atoms with Crippen LogP contribution in [0.2, 0.25) is 0 Å². The highest BCUT2D eigenvalue weighted by molar-refractivity contribution is 9.18. The van der Waals surface area contributed by atoms with Crippen LogP contribution < -0.4 is 0 Å². The second-order valence-electron chi connectivity index (χ2n) is 1.54. The van der Waals surface area contributed by atoms with E-state index >= 15 is 0 Å². The van der Waals surface area contributed by atoms with Crippen molar-refractivity contribution >= 4 is 32.4 Å². The van der Waals surface area contributed by atoms with Gasteiger partial charge < -0.3 is 0 Å². The number of hydrogen-bond donors (Lipinski definition) is 0. The molecule has 0 saturated carbocycles. The molecule has 0 aromatic carbocycles. The van der Waals surface area contributed by atoms with Crippen molar-refractivity contribution in [3.63, 3.8) is 0 Å². The molecule has 1 aliphatic rings. The molecule has 0 radical (unpaired) electrons. The summed E-state index contributed by atoms with van der Waals surface area (Å²) in [6.45, 7) is 0. The average Bonchev–Trinajstić information content (AvgIpc) is 1.23. The molecular formula is C4H5BrOS. The molecule has 0 unspecified atom stereocenters. The summed E-state index contributed by atoms with van der Waals surface area (Å²) in [5.74, 6) is 2.36. The van der Waals surface area contributed by atoms with E-state index in [1.54, 1.807) is 0 Å². The zero-order valence-electron chi connectivity index (χ0n) is 3.69. The van der Waals surface area contributed by atoms with Gasteiger partial charge in [0, 0.05) is 17.4 Å². The van der Waals surface area contributed by atoms with Gasteiger partial charge in [-0.3, -0.25) is 4.79 Å². The van der Waals surface area contributed by atoms with Crippen molar-refractivity contribution in [2.24, 2.45) is 5.92 Å². The van der Waals surface area contributed by atoms with Gasteiger partial charge in [0.1, 0.15) is 0 Å². The summed E-state index contributed by atoms with van der Waals surface area (Å²) >= 11 is 4.72. The predicted octanol–water partition coefficient (Wildman–Crippen LogP) is 1.27. The molecule has 1 saturated heterocycles. The summed E-state index contributed by atoms with van der Waals surface area (Å²) in [5.41, 5.74) is 0. The molecule has 0 N–H and O–H groups in total. The van der Waals surface area contributed by atoms with Crippen molar-refractivity contribution in [1.82, 2.24) is 0 Å². The van der Waals surface area contributed by atoms with Crippen LogP contribution >= 0.6 is 27.7 Å². The van der Waals surface area contributed by atoms with Crippen molar-refractivity contribution < 1.29 is 4.79 Å². The van der Waals surface area contributed by atoms with Gasteiger partial charge in [-0.1, -0.05) is 0 Å². The van der Waals surface area contributed by atoms with Gasteiger partial charge in [-0.15, -0.1) is 0 Å². The van der Waals surface area contributed by atoms with Gasteiger partial charge in [-0.25, -0.2) is 0 Å². The Kier molecular flexibility index (Phi) is 1.75. The molecule has 40 valence electrons. The second kappa shape index (κ2) is 2.18. The molecule has 0 aliphatic carbocycles. The van der Waals surface area contributed by atoms with Gasteiger partial charge in [0.15, 0.2) is 0 Å².